The second-order valence-corrected chi connectivity index (χ2v) is 5.52. The third kappa shape index (κ3) is 5.80. The van der Waals surface area contributed by atoms with Gasteiger partial charge in [0.1, 0.15) is 11.5 Å². The number of nitrogens with zero attached hydrogens (tertiary/aromatic N) is 1. The van der Waals surface area contributed by atoms with Gasteiger partial charge in [-0.3, -0.25) is 0 Å². The lowest BCUT2D eigenvalue weighted by atomic mass is 10.1. The average Bonchev–Trinajstić information content (AvgIpc) is 2.37. The molecule has 0 aliphatic heterocycles. The molecule has 0 aliphatic rings. The summed E-state index contributed by atoms with van der Waals surface area (Å²) in [6, 6.07) is 5.91. The maximum absolute atomic E-state index is 9.34. The van der Waals surface area contributed by atoms with Gasteiger partial charge in [0.15, 0.2) is 0 Å². The number of hydrogen-bond acceptors (Lipinski definition) is 4. The Balaban J connectivity index is 2.76. The van der Waals surface area contributed by atoms with E-state index in [1.54, 1.807) is 7.11 Å². The molecule has 1 aromatic carbocycles. The van der Waals surface area contributed by atoms with Crippen LogP contribution in [0.5, 0.6) is 11.5 Å². The average molecular weight is 281 g/mol. The SMILES string of the molecule is COc1ccc(CN(C)CCC(C)O)c(OC(C)C)c1. The van der Waals surface area contributed by atoms with Gasteiger partial charge in [-0.1, -0.05) is 6.07 Å². The highest BCUT2D eigenvalue weighted by Gasteiger charge is 2.10. The summed E-state index contributed by atoms with van der Waals surface area (Å²) in [7, 11) is 3.70. The molecular weight excluding hydrogens is 254 g/mol. The third-order valence-corrected chi connectivity index (χ3v) is 3.01. The molecule has 0 spiro atoms. The van der Waals surface area contributed by atoms with Crippen molar-refractivity contribution in [2.75, 3.05) is 20.7 Å². The van der Waals surface area contributed by atoms with Gasteiger partial charge in [0.25, 0.3) is 0 Å². The van der Waals surface area contributed by atoms with Gasteiger partial charge < -0.3 is 19.5 Å². The fourth-order valence-electron chi connectivity index (χ4n) is 1.93. The van der Waals surface area contributed by atoms with Crippen LogP contribution in [0.2, 0.25) is 0 Å². The van der Waals surface area contributed by atoms with Gasteiger partial charge in [-0.15, -0.1) is 0 Å². The highest BCUT2D eigenvalue weighted by molar-refractivity contribution is 5.40. The Morgan fingerprint density at radius 1 is 1.25 bits per heavy atom. The van der Waals surface area contributed by atoms with E-state index in [0.717, 1.165) is 36.6 Å². The fourth-order valence-corrected chi connectivity index (χ4v) is 1.93. The zero-order valence-corrected chi connectivity index (χ0v) is 13.2. The molecule has 4 heteroatoms. The van der Waals surface area contributed by atoms with Crippen molar-refractivity contribution in [2.24, 2.45) is 0 Å². The number of benzene rings is 1. The van der Waals surface area contributed by atoms with Gasteiger partial charge >= 0.3 is 0 Å². The fraction of sp³-hybridized carbons (Fsp3) is 0.625. The third-order valence-electron chi connectivity index (χ3n) is 3.01. The molecular formula is C16H27NO3. The van der Waals surface area contributed by atoms with Gasteiger partial charge in [0.05, 0.1) is 19.3 Å². The molecule has 1 unspecified atom stereocenters. The van der Waals surface area contributed by atoms with Crippen molar-refractivity contribution in [3.8, 4) is 11.5 Å². The maximum atomic E-state index is 9.34. The van der Waals surface area contributed by atoms with Gasteiger partial charge in [-0.05, 0) is 40.3 Å². The van der Waals surface area contributed by atoms with Gasteiger partial charge in [-0.25, -0.2) is 0 Å². The van der Waals surface area contributed by atoms with E-state index in [1.165, 1.54) is 0 Å². The van der Waals surface area contributed by atoms with E-state index in [0.29, 0.717) is 0 Å². The van der Waals surface area contributed by atoms with Crippen molar-refractivity contribution in [1.82, 2.24) is 4.90 Å². The molecule has 0 fully saturated rings. The standard InChI is InChI=1S/C16H27NO3/c1-12(2)20-16-10-15(19-5)7-6-14(16)11-17(4)9-8-13(3)18/h6-7,10,12-13,18H,8-9,11H2,1-5H3. The smallest absolute Gasteiger partial charge is 0.127 e. The Bertz CT molecular complexity index is 405. The van der Waals surface area contributed by atoms with Crippen LogP contribution in [0.25, 0.3) is 0 Å². The molecule has 1 atom stereocenters. The molecule has 0 aliphatic carbocycles. The van der Waals surface area contributed by atoms with Crippen molar-refractivity contribution in [3.05, 3.63) is 23.8 Å². The monoisotopic (exact) mass is 281 g/mol. The molecule has 0 saturated carbocycles. The number of rotatable bonds is 8. The number of aliphatic hydroxyl groups excluding tert-OH is 1. The Morgan fingerprint density at radius 2 is 1.95 bits per heavy atom. The van der Waals surface area contributed by atoms with Crippen molar-refractivity contribution < 1.29 is 14.6 Å². The molecule has 0 amide bonds. The van der Waals surface area contributed by atoms with Crippen LogP contribution in [0.4, 0.5) is 0 Å². The van der Waals surface area contributed by atoms with Crippen LogP contribution in [0.1, 0.15) is 32.8 Å². The van der Waals surface area contributed by atoms with E-state index < -0.39 is 0 Å². The highest BCUT2D eigenvalue weighted by Crippen LogP contribution is 2.26. The molecule has 1 N–H and O–H groups in total. The predicted molar refractivity (Wildman–Crippen MR) is 81.4 cm³/mol. The minimum absolute atomic E-state index is 0.128. The van der Waals surface area contributed by atoms with Crippen LogP contribution in [-0.2, 0) is 6.54 Å². The summed E-state index contributed by atoms with van der Waals surface area (Å²) in [5.41, 5.74) is 1.13. The summed E-state index contributed by atoms with van der Waals surface area (Å²) in [5, 5.41) is 9.34. The van der Waals surface area contributed by atoms with Crippen LogP contribution >= 0.6 is 0 Å². The van der Waals surface area contributed by atoms with Crippen molar-refractivity contribution in [3.63, 3.8) is 0 Å². The molecule has 114 valence electrons. The molecule has 20 heavy (non-hydrogen) atoms. The summed E-state index contributed by atoms with van der Waals surface area (Å²) in [6.45, 7) is 7.49. The quantitative estimate of drug-likeness (QED) is 0.795. The lowest BCUT2D eigenvalue weighted by molar-refractivity contribution is 0.162. The second-order valence-electron chi connectivity index (χ2n) is 5.52. The minimum atomic E-state index is -0.264. The van der Waals surface area contributed by atoms with Crippen molar-refractivity contribution in [2.45, 2.75) is 45.9 Å². The molecule has 4 nitrogen and oxygen atoms in total. The molecule has 0 heterocycles. The summed E-state index contributed by atoms with van der Waals surface area (Å²) >= 11 is 0. The predicted octanol–water partition coefficient (Wildman–Crippen LogP) is 2.69. The maximum Gasteiger partial charge on any atom is 0.127 e. The van der Waals surface area contributed by atoms with Gasteiger partial charge in [0, 0.05) is 24.7 Å². The summed E-state index contributed by atoms with van der Waals surface area (Å²) in [4.78, 5) is 2.18. The molecule has 0 aromatic heterocycles. The normalized spacial score (nSPS) is 12.8. The van der Waals surface area contributed by atoms with E-state index in [9.17, 15) is 5.11 Å². The van der Waals surface area contributed by atoms with E-state index >= 15 is 0 Å². The van der Waals surface area contributed by atoms with Crippen LogP contribution in [0, 0.1) is 0 Å². The molecule has 0 radical (unpaired) electrons. The molecule has 0 bridgehead atoms. The van der Waals surface area contributed by atoms with E-state index in [2.05, 4.69) is 4.90 Å². The Morgan fingerprint density at radius 3 is 2.50 bits per heavy atom. The summed E-state index contributed by atoms with van der Waals surface area (Å²) in [5.74, 6) is 1.67. The highest BCUT2D eigenvalue weighted by atomic mass is 16.5. The first-order valence-corrected chi connectivity index (χ1v) is 7.12. The summed E-state index contributed by atoms with van der Waals surface area (Å²) in [6.07, 6.45) is 0.635. The summed E-state index contributed by atoms with van der Waals surface area (Å²) < 4.78 is 11.1. The molecule has 1 rings (SSSR count). The number of hydrogen-bond donors (Lipinski definition) is 1. The largest absolute Gasteiger partial charge is 0.497 e. The van der Waals surface area contributed by atoms with Crippen LogP contribution in [-0.4, -0.2) is 42.9 Å². The van der Waals surface area contributed by atoms with Gasteiger partial charge in [0.2, 0.25) is 0 Å². The van der Waals surface area contributed by atoms with Crippen molar-refractivity contribution >= 4 is 0 Å². The zero-order valence-electron chi connectivity index (χ0n) is 13.2. The van der Waals surface area contributed by atoms with Crippen molar-refractivity contribution in [1.29, 1.82) is 0 Å². The zero-order chi connectivity index (χ0) is 15.1. The van der Waals surface area contributed by atoms with Crippen LogP contribution < -0.4 is 9.47 Å². The van der Waals surface area contributed by atoms with E-state index in [-0.39, 0.29) is 12.2 Å². The van der Waals surface area contributed by atoms with Gasteiger partial charge in [-0.2, -0.15) is 0 Å². The first-order valence-electron chi connectivity index (χ1n) is 7.12. The Kier molecular flexibility index (Phi) is 6.82. The first-order chi connectivity index (χ1) is 9.42. The molecule has 1 aromatic rings. The lowest BCUT2D eigenvalue weighted by Crippen LogP contribution is -2.22. The second kappa shape index (κ2) is 8.12. The topological polar surface area (TPSA) is 41.9 Å². The number of aliphatic hydroxyl groups is 1. The van der Waals surface area contributed by atoms with E-state index in [1.807, 2.05) is 46.0 Å². The van der Waals surface area contributed by atoms with Crippen LogP contribution in [0.3, 0.4) is 0 Å². The Labute approximate surface area is 122 Å². The Hall–Kier alpha value is -1.26. The number of ether oxygens (including phenoxy) is 2. The molecule has 0 saturated heterocycles. The van der Waals surface area contributed by atoms with E-state index in [4.69, 9.17) is 9.47 Å². The van der Waals surface area contributed by atoms with Crippen LogP contribution in [0.15, 0.2) is 18.2 Å². The minimum Gasteiger partial charge on any atom is -0.497 e. The lowest BCUT2D eigenvalue weighted by Gasteiger charge is -2.21. The number of methoxy groups -OCH3 is 1. The first kappa shape index (κ1) is 16.8.